The molecular formula is C78H55BrN2. The Kier molecular flexibility index (Phi) is 10.5. The highest BCUT2D eigenvalue weighted by Crippen LogP contribution is 2.55. The van der Waals surface area contributed by atoms with Crippen molar-refractivity contribution in [3.05, 3.63) is 282 Å². The van der Waals surface area contributed by atoms with Crippen LogP contribution >= 0.6 is 15.9 Å². The molecule has 0 bridgehead atoms. The minimum atomic E-state index is -0.113. The number of hydrogen-bond donors (Lipinski definition) is 1. The number of fused-ring (bicyclic) bond motifs is 24. The van der Waals surface area contributed by atoms with Gasteiger partial charge < -0.3 is 9.55 Å². The zero-order chi connectivity index (χ0) is 54.3. The topological polar surface area (TPSA) is 20.7 Å². The van der Waals surface area contributed by atoms with Gasteiger partial charge in [-0.3, -0.25) is 0 Å². The molecule has 2 aliphatic carbocycles. The molecule has 0 fully saturated rings. The Balaban J connectivity index is 0.000000121. The van der Waals surface area contributed by atoms with Crippen molar-refractivity contribution in [2.75, 3.05) is 0 Å². The number of nitrogens with zero attached hydrogens (tertiary/aromatic N) is 1. The van der Waals surface area contributed by atoms with Gasteiger partial charge in [-0.05, 0) is 194 Å². The number of halogens is 1. The zero-order valence-corrected chi connectivity index (χ0v) is 47.2. The molecule has 3 heteroatoms. The van der Waals surface area contributed by atoms with Crippen molar-refractivity contribution in [1.29, 1.82) is 0 Å². The lowest BCUT2D eigenvalue weighted by Gasteiger charge is -2.22. The van der Waals surface area contributed by atoms with E-state index in [4.69, 9.17) is 0 Å². The van der Waals surface area contributed by atoms with E-state index in [2.05, 4.69) is 278 Å². The summed E-state index contributed by atoms with van der Waals surface area (Å²) in [5, 5.41) is 21.2. The Morgan fingerprint density at radius 3 is 1.09 bits per heavy atom. The molecule has 0 aliphatic heterocycles. The second kappa shape index (κ2) is 17.9. The number of H-pyrrole nitrogens is 1. The molecule has 384 valence electrons. The summed E-state index contributed by atoms with van der Waals surface area (Å²) < 4.78 is 3.57. The van der Waals surface area contributed by atoms with Crippen LogP contribution in [0.15, 0.2) is 259 Å². The third kappa shape index (κ3) is 7.11. The van der Waals surface area contributed by atoms with Crippen molar-refractivity contribution >= 4 is 124 Å². The summed E-state index contributed by atoms with van der Waals surface area (Å²) in [7, 11) is 0. The highest BCUT2D eigenvalue weighted by atomic mass is 79.9. The van der Waals surface area contributed by atoms with Crippen LogP contribution in [0.3, 0.4) is 0 Å². The third-order valence-corrected chi connectivity index (χ3v) is 18.8. The van der Waals surface area contributed by atoms with Crippen LogP contribution in [0.25, 0.3) is 136 Å². The number of benzene rings is 14. The highest BCUT2D eigenvalue weighted by Gasteiger charge is 2.38. The van der Waals surface area contributed by atoms with Crippen molar-refractivity contribution in [2.45, 2.75) is 38.5 Å². The van der Waals surface area contributed by atoms with E-state index in [1.54, 1.807) is 0 Å². The van der Waals surface area contributed by atoms with Gasteiger partial charge in [0.1, 0.15) is 0 Å². The first-order chi connectivity index (χ1) is 39.6. The van der Waals surface area contributed by atoms with Gasteiger partial charge in [0.15, 0.2) is 0 Å². The first-order valence-corrected chi connectivity index (χ1v) is 29.1. The highest BCUT2D eigenvalue weighted by molar-refractivity contribution is 9.10. The number of para-hydroxylation sites is 3. The summed E-state index contributed by atoms with van der Waals surface area (Å²) in [5.74, 6) is 0. The molecule has 0 saturated heterocycles. The van der Waals surface area contributed by atoms with Gasteiger partial charge in [-0.15, -0.1) is 0 Å². The van der Waals surface area contributed by atoms with Crippen molar-refractivity contribution in [3.63, 3.8) is 0 Å². The van der Waals surface area contributed by atoms with E-state index < -0.39 is 0 Å². The Hall–Kier alpha value is -9.28. The maximum Gasteiger partial charge on any atom is 0.0544 e. The SMILES string of the molecule is Brc1ccccc1.CC1(C)c2cc3[nH]c4ccccc4c3cc2-c2cc3c4ccccc4c4ccccc4c3cc21.CC1(C)c2cc3c4ccccc4c4ccccc4c3cc2-c2cc3c4ccccc4n(-c4ccccc4)c3cc21. The van der Waals surface area contributed by atoms with Crippen LogP contribution in [-0.4, -0.2) is 9.55 Å². The molecule has 2 aliphatic rings. The normalized spacial score (nSPS) is 13.7. The number of aromatic amines is 1. The maximum atomic E-state index is 3.65. The fourth-order valence-electron chi connectivity index (χ4n) is 14.3. The Labute approximate surface area is 478 Å². The average Bonchev–Trinajstić information content (AvgIpc) is 2.43. The Bertz CT molecular complexity index is 5290. The quantitative estimate of drug-likeness (QED) is 0.158. The molecule has 0 atom stereocenters. The number of hydrogen-bond acceptors (Lipinski definition) is 0. The van der Waals surface area contributed by atoms with E-state index in [1.165, 1.54) is 158 Å². The van der Waals surface area contributed by atoms with E-state index >= 15 is 0 Å². The van der Waals surface area contributed by atoms with Crippen molar-refractivity contribution in [2.24, 2.45) is 0 Å². The number of aromatic nitrogens is 2. The van der Waals surface area contributed by atoms with E-state index in [9.17, 15) is 0 Å². The molecule has 0 radical (unpaired) electrons. The summed E-state index contributed by atoms with van der Waals surface area (Å²) >= 11 is 3.31. The number of nitrogens with one attached hydrogen (secondary N) is 1. The van der Waals surface area contributed by atoms with Gasteiger partial charge in [0, 0.05) is 53.6 Å². The second-order valence-electron chi connectivity index (χ2n) is 23.3. The lowest BCUT2D eigenvalue weighted by atomic mass is 9.81. The molecule has 1 N–H and O–H groups in total. The molecule has 81 heavy (non-hydrogen) atoms. The van der Waals surface area contributed by atoms with Crippen molar-refractivity contribution in [1.82, 2.24) is 9.55 Å². The van der Waals surface area contributed by atoms with Crippen LogP contribution in [0, 0.1) is 0 Å². The van der Waals surface area contributed by atoms with Crippen LogP contribution < -0.4 is 0 Å². The molecule has 14 aromatic carbocycles. The molecule has 16 aromatic rings. The monoisotopic (exact) mass is 1100 g/mol. The van der Waals surface area contributed by atoms with Crippen molar-refractivity contribution in [3.8, 4) is 27.9 Å². The van der Waals surface area contributed by atoms with E-state index in [0.717, 1.165) is 4.47 Å². The van der Waals surface area contributed by atoms with Gasteiger partial charge >= 0.3 is 0 Å². The molecule has 0 unspecified atom stereocenters. The van der Waals surface area contributed by atoms with Gasteiger partial charge in [0.05, 0.1) is 11.0 Å². The fourth-order valence-corrected chi connectivity index (χ4v) is 14.6. The van der Waals surface area contributed by atoms with Crippen LogP contribution in [-0.2, 0) is 10.8 Å². The van der Waals surface area contributed by atoms with Crippen LogP contribution in [0.1, 0.15) is 49.9 Å². The van der Waals surface area contributed by atoms with Gasteiger partial charge in [0.2, 0.25) is 0 Å². The minimum absolute atomic E-state index is 0.0584. The first kappa shape index (κ1) is 47.7. The van der Waals surface area contributed by atoms with E-state index in [-0.39, 0.29) is 10.8 Å². The summed E-state index contributed by atoms with van der Waals surface area (Å²) in [6.07, 6.45) is 0. The Morgan fingerprint density at radius 2 is 0.617 bits per heavy atom. The molecule has 0 amide bonds. The van der Waals surface area contributed by atoms with Gasteiger partial charge in [-0.2, -0.15) is 0 Å². The number of rotatable bonds is 1. The largest absolute Gasteiger partial charge is 0.355 e. The third-order valence-electron chi connectivity index (χ3n) is 18.2. The average molecular weight is 1100 g/mol. The van der Waals surface area contributed by atoms with E-state index in [0.29, 0.717) is 0 Å². The standard InChI is InChI=1S/C39H27N.C33H23N.C6H5Br/c1-39(2)35-22-31-28-17-9-7-15-26(28)25-14-6-8-16-27(25)30(31)20-32(35)33-21-34-29-18-10-11-19-37(29)40(38(34)23-36(33)39)24-12-4-3-5-13-24;1-33(2)29-17-25-22-12-6-4-10-20(22)19-9-3-5-11-21(19)24(25)15-26(29)27-16-28-23-13-7-8-14-31(23)34-32(28)18-30(27)33;7-6-4-2-1-3-5-6/h3-23H,1-2H3;3-18,34H,1-2H3;1-5H. The predicted octanol–water partition coefficient (Wildman–Crippen LogP) is 22.1. The van der Waals surface area contributed by atoms with Crippen molar-refractivity contribution < 1.29 is 0 Å². The molecule has 2 aromatic heterocycles. The van der Waals surface area contributed by atoms with Crippen LogP contribution in [0.2, 0.25) is 0 Å². The fraction of sp³-hybridized carbons (Fsp3) is 0.0769. The van der Waals surface area contributed by atoms with Gasteiger partial charge in [0.25, 0.3) is 0 Å². The summed E-state index contributed by atoms with van der Waals surface area (Å²) in [4.78, 5) is 3.65. The molecule has 18 rings (SSSR count). The molecule has 0 spiro atoms. The van der Waals surface area contributed by atoms with Gasteiger partial charge in [-0.1, -0.05) is 213 Å². The van der Waals surface area contributed by atoms with Crippen LogP contribution in [0.5, 0.6) is 0 Å². The molecule has 0 saturated carbocycles. The van der Waals surface area contributed by atoms with E-state index in [1.807, 2.05) is 30.3 Å². The lowest BCUT2D eigenvalue weighted by Crippen LogP contribution is -2.15. The lowest BCUT2D eigenvalue weighted by molar-refractivity contribution is 0.661. The first-order valence-electron chi connectivity index (χ1n) is 28.3. The minimum Gasteiger partial charge on any atom is -0.355 e. The zero-order valence-electron chi connectivity index (χ0n) is 45.6. The predicted molar refractivity (Wildman–Crippen MR) is 351 cm³/mol. The summed E-state index contributed by atoms with van der Waals surface area (Å²) in [6, 6.07) is 93.3. The van der Waals surface area contributed by atoms with Gasteiger partial charge in [-0.25, -0.2) is 0 Å². The summed E-state index contributed by atoms with van der Waals surface area (Å²) in [5.41, 5.74) is 17.1. The second-order valence-corrected chi connectivity index (χ2v) is 24.2. The Morgan fingerprint density at radius 1 is 0.272 bits per heavy atom. The molecular weight excluding hydrogens is 1040 g/mol. The smallest absolute Gasteiger partial charge is 0.0544 e. The molecule has 2 nitrogen and oxygen atoms in total. The summed E-state index contributed by atoms with van der Waals surface area (Å²) in [6.45, 7) is 9.55. The molecule has 2 heterocycles. The van der Waals surface area contributed by atoms with Crippen LogP contribution in [0.4, 0.5) is 0 Å². The maximum absolute atomic E-state index is 3.65.